The number of amides is 4. The van der Waals surface area contributed by atoms with Crippen LogP contribution in [0.3, 0.4) is 0 Å². The van der Waals surface area contributed by atoms with Gasteiger partial charge in [-0.25, -0.2) is 9.69 Å². The van der Waals surface area contributed by atoms with Crippen LogP contribution in [0.4, 0.5) is 10.5 Å². The summed E-state index contributed by atoms with van der Waals surface area (Å²) < 4.78 is 12.1. The Hall–Kier alpha value is -5.69. The number of ether oxygens (including phenoxy) is 2. The Labute approximate surface area is 249 Å². The molecule has 0 aliphatic carbocycles. The van der Waals surface area contributed by atoms with Crippen LogP contribution in [0.25, 0.3) is 16.8 Å². The van der Waals surface area contributed by atoms with E-state index in [-0.39, 0.29) is 5.57 Å². The first-order chi connectivity index (χ1) is 21.0. The van der Waals surface area contributed by atoms with E-state index in [2.05, 4.69) is 5.32 Å². The lowest BCUT2D eigenvalue weighted by Gasteiger charge is -2.26. The second-order valence-corrected chi connectivity index (χ2v) is 10.2. The van der Waals surface area contributed by atoms with E-state index in [9.17, 15) is 14.4 Å². The van der Waals surface area contributed by atoms with Crippen LogP contribution >= 0.6 is 0 Å². The second-order valence-electron chi connectivity index (χ2n) is 10.2. The Morgan fingerprint density at radius 2 is 1.44 bits per heavy atom. The highest BCUT2D eigenvalue weighted by Crippen LogP contribution is 2.33. The largest absolute Gasteiger partial charge is 0.489 e. The molecule has 7 heteroatoms. The van der Waals surface area contributed by atoms with E-state index in [0.29, 0.717) is 36.0 Å². The summed E-state index contributed by atoms with van der Waals surface area (Å²) in [5, 5.41) is 4.03. The van der Waals surface area contributed by atoms with Crippen molar-refractivity contribution in [3.05, 3.63) is 143 Å². The summed E-state index contributed by atoms with van der Waals surface area (Å²) in [6.07, 6.45) is 1.50. The molecule has 0 unspecified atom stereocenters. The fourth-order valence-corrected chi connectivity index (χ4v) is 4.98. The molecule has 1 saturated heterocycles. The number of nitrogens with zero attached hydrogens (tertiary/aromatic N) is 1. The normalized spacial score (nSPS) is 14.2. The molecule has 1 heterocycles. The van der Waals surface area contributed by atoms with Gasteiger partial charge in [0.15, 0.2) is 0 Å². The van der Waals surface area contributed by atoms with E-state index >= 15 is 0 Å². The summed E-state index contributed by atoms with van der Waals surface area (Å²) >= 11 is 0. The fraction of sp³-hybridized carbons (Fsp3) is 0.0833. The zero-order chi connectivity index (χ0) is 29.8. The molecule has 0 saturated carbocycles. The topological polar surface area (TPSA) is 84.9 Å². The number of barbiturate groups is 1. The molecular weight excluding hydrogens is 540 g/mol. The average Bonchev–Trinajstić information content (AvgIpc) is 3.02. The van der Waals surface area contributed by atoms with Crippen LogP contribution in [-0.4, -0.2) is 17.8 Å². The van der Waals surface area contributed by atoms with Gasteiger partial charge in [0, 0.05) is 5.56 Å². The number of carbonyl (C=O) groups excluding carboxylic acids is 3. The quantitative estimate of drug-likeness (QED) is 0.161. The van der Waals surface area contributed by atoms with E-state index in [0.717, 1.165) is 32.4 Å². The van der Waals surface area contributed by atoms with Gasteiger partial charge in [0.1, 0.15) is 30.3 Å². The van der Waals surface area contributed by atoms with Crippen LogP contribution in [0, 0.1) is 6.92 Å². The zero-order valence-electron chi connectivity index (χ0n) is 23.4. The minimum absolute atomic E-state index is 0.180. The molecule has 0 bridgehead atoms. The van der Waals surface area contributed by atoms with Gasteiger partial charge in [-0.3, -0.25) is 14.9 Å². The van der Waals surface area contributed by atoms with E-state index in [1.165, 1.54) is 6.08 Å². The molecule has 1 fully saturated rings. The van der Waals surface area contributed by atoms with E-state index in [1.54, 1.807) is 24.3 Å². The summed E-state index contributed by atoms with van der Waals surface area (Å²) in [6, 6.07) is 34.9. The van der Waals surface area contributed by atoms with Crippen molar-refractivity contribution >= 4 is 40.4 Å². The van der Waals surface area contributed by atoms with Crippen molar-refractivity contribution in [3.8, 4) is 11.5 Å². The molecule has 7 nitrogen and oxygen atoms in total. The number of carbonyl (C=O) groups is 3. The van der Waals surface area contributed by atoms with E-state index in [1.807, 2.05) is 97.9 Å². The molecule has 1 aliphatic rings. The predicted molar refractivity (Wildman–Crippen MR) is 166 cm³/mol. The third-order valence-electron chi connectivity index (χ3n) is 7.14. The molecule has 6 rings (SSSR count). The highest BCUT2D eigenvalue weighted by molar-refractivity contribution is 6.39. The minimum atomic E-state index is -0.820. The van der Waals surface area contributed by atoms with Gasteiger partial charge in [0.25, 0.3) is 11.8 Å². The van der Waals surface area contributed by atoms with Gasteiger partial charge in [-0.2, -0.15) is 0 Å². The Kier molecular flexibility index (Phi) is 7.70. The number of anilines is 1. The molecule has 43 heavy (non-hydrogen) atoms. The third-order valence-corrected chi connectivity index (χ3v) is 7.14. The lowest BCUT2D eigenvalue weighted by molar-refractivity contribution is -0.122. The van der Waals surface area contributed by atoms with Gasteiger partial charge in [0.05, 0.1) is 5.69 Å². The highest BCUT2D eigenvalue weighted by atomic mass is 16.5. The van der Waals surface area contributed by atoms with Crippen LogP contribution in [-0.2, 0) is 22.8 Å². The molecule has 0 radical (unpaired) electrons. The second kappa shape index (κ2) is 12.0. The van der Waals surface area contributed by atoms with Crippen molar-refractivity contribution in [2.75, 3.05) is 4.90 Å². The number of hydrogen-bond acceptors (Lipinski definition) is 5. The van der Waals surface area contributed by atoms with Crippen molar-refractivity contribution in [2.45, 2.75) is 20.1 Å². The Morgan fingerprint density at radius 3 is 2.23 bits per heavy atom. The number of hydrogen-bond donors (Lipinski definition) is 1. The number of fused-ring (bicyclic) bond motifs is 1. The van der Waals surface area contributed by atoms with Gasteiger partial charge < -0.3 is 9.47 Å². The van der Waals surface area contributed by atoms with Crippen molar-refractivity contribution in [2.24, 2.45) is 0 Å². The Bertz CT molecular complexity index is 1860. The first-order valence-corrected chi connectivity index (χ1v) is 13.8. The summed E-state index contributed by atoms with van der Waals surface area (Å²) in [7, 11) is 0. The molecule has 0 atom stereocenters. The number of imide groups is 2. The first-order valence-electron chi connectivity index (χ1n) is 13.8. The van der Waals surface area contributed by atoms with E-state index < -0.39 is 17.8 Å². The lowest BCUT2D eigenvalue weighted by atomic mass is 9.99. The molecule has 5 aromatic rings. The maximum Gasteiger partial charge on any atom is 0.335 e. The molecular formula is C36H28N2O5. The number of aryl methyl sites for hydroxylation is 1. The first kappa shape index (κ1) is 27.5. The summed E-state index contributed by atoms with van der Waals surface area (Å²) in [6.45, 7) is 2.70. The van der Waals surface area contributed by atoms with Gasteiger partial charge in [-0.15, -0.1) is 0 Å². The molecule has 4 amide bonds. The van der Waals surface area contributed by atoms with Crippen molar-refractivity contribution in [1.29, 1.82) is 0 Å². The average molecular weight is 569 g/mol. The van der Waals surface area contributed by atoms with Crippen LogP contribution in [0.5, 0.6) is 11.5 Å². The van der Waals surface area contributed by atoms with Gasteiger partial charge in [0.2, 0.25) is 0 Å². The van der Waals surface area contributed by atoms with Crippen LogP contribution in [0.2, 0.25) is 0 Å². The summed E-state index contributed by atoms with van der Waals surface area (Å²) in [5.41, 5.74) is 3.82. The van der Waals surface area contributed by atoms with Crippen molar-refractivity contribution in [3.63, 3.8) is 0 Å². The summed E-state index contributed by atoms with van der Waals surface area (Å²) in [5.74, 6) is -0.414. The molecule has 0 aromatic heterocycles. The standard InChI is InChI=1S/C36H28N2O5/c1-24-8-7-11-26(20-24)23-43-33-19-14-27-12-5-6-13-30(27)31(33)21-32-34(39)37-36(41)38(35(32)40)28-15-17-29(18-16-28)42-22-25-9-3-2-4-10-25/h2-21H,22-23H2,1H3,(H,37,39,41)/b32-21+. The number of rotatable bonds is 8. The van der Waals surface area contributed by atoms with E-state index in [4.69, 9.17) is 9.47 Å². The summed E-state index contributed by atoms with van der Waals surface area (Å²) in [4.78, 5) is 40.6. The maximum absolute atomic E-state index is 13.7. The predicted octanol–water partition coefficient (Wildman–Crippen LogP) is 6.97. The Balaban J connectivity index is 1.30. The number of nitrogens with one attached hydrogen (secondary N) is 1. The van der Waals surface area contributed by atoms with Crippen LogP contribution in [0.1, 0.15) is 22.3 Å². The van der Waals surface area contributed by atoms with Crippen LogP contribution in [0.15, 0.2) is 121 Å². The zero-order valence-corrected chi connectivity index (χ0v) is 23.4. The molecule has 1 aliphatic heterocycles. The molecule has 0 spiro atoms. The monoisotopic (exact) mass is 568 g/mol. The van der Waals surface area contributed by atoms with Gasteiger partial charge in [-0.05, 0) is 65.2 Å². The fourth-order valence-electron chi connectivity index (χ4n) is 4.98. The molecule has 1 N–H and O–H groups in total. The SMILES string of the molecule is Cc1cccc(COc2ccc3ccccc3c2/C=C2\C(=O)NC(=O)N(c3ccc(OCc4ccccc4)cc3)C2=O)c1. The molecule has 5 aromatic carbocycles. The van der Waals surface area contributed by atoms with Crippen molar-refractivity contribution in [1.82, 2.24) is 5.32 Å². The lowest BCUT2D eigenvalue weighted by Crippen LogP contribution is -2.54. The number of benzene rings is 5. The minimum Gasteiger partial charge on any atom is -0.489 e. The third kappa shape index (κ3) is 6.01. The van der Waals surface area contributed by atoms with Crippen molar-refractivity contribution < 1.29 is 23.9 Å². The van der Waals surface area contributed by atoms with Gasteiger partial charge >= 0.3 is 6.03 Å². The number of urea groups is 1. The maximum atomic E-state index is 13.7. The van der Waals surface area contributed by atoms with Crippen LogP contribution < -0.4 is 19.7 Å². The van der Waals surface area contributed by atoms with Gasteiger partial charge in [-0.1, -0.05) is 90.5 Å². The smallest absolute Gasteiger partial charge is 0.335 e. The molecule has 212 valence electrons. The highest BCUT2D eigenvalue weighted by Gasteiger charge is 2.37. The Morgan fingerprint density at radius 1 is 0.721 bits per heavy atom.